The average Bonchev–Trinajstić information content (AvgIpc) is 1.89. The van der Waals surface area contributed by atoms with E-state index in [-0.39, 0.29) is 6.10 Å². The minimum Gasteiger partial charge on any atom is -0.393 e. The van der Waals surface area contributed by atoms with Gasteiger partial charge in [-0.1, -0.05) is 33.1 Å². The van der Waals surface area contributed by atoms with E-state index in [9.17, 15) is 0 Å². The molecule has 1 heteroatoms. The maximum Gasteiger partial charge on any atom is 0.0569 e. The van der Waals surface area contributed by atoms with Crippen LogP contribution in [-0.4, -0.2) is 11.2 Å². The van der Waals surface area contributed by atoms with Crippen molar-refractivity contribution in [3.63, 3.8) is 0 Å². The molecule has 0 rings (SSSR count). The molecular formula is C8H17O. The molecule has 9 heavy (non-hydrogen) atoms. The van der Waals surface area contributed by atoms with Gasteiger partial charge in [-0.2, -0.15) is 0 Å². The van der Waals surface area contributed by atoms with E-state index in [1.54, 1.807) is 0 Å². The highest BCUT2D eigenvalue weighted by molar-refractivity contribution is 4.68. The molecule has 1 unspecified atom stereocenters. The van der Waals surface area contributed by atoms with Gasteiger partial charge in [-0.3, -0.25) is 0 Å². The van der Waals surface area contributed by atoms with E-state index in [1.807, 2.05) is 13.3 Å². The number of hydrogen-bond acceptors (Lipinski definition) is 1. The Hall–Kier alpha value is -0.0400. The average molecular weight is 129 g/mol. The molecule has 1 nitrogen and oxygen atoms in total. The number of aliphatic hydroxyl groups is 1. The standard InChI is InChI=1S/C8H17O/c1-3-5-6-7-8(9)4-2/h4,8-9H,3,5-7H2,1-2H3. The largest absolute Gasteiger partial charge is 0.393 e. The second kappa shape index (κ2) is 6.09. The highest BCUT2D eigenvalue weighted by Gasteiger charge is 1.97. The second-order valence-corrected chi connectivity index (χ2v) is 2.40. The topological polar surface area (TPSA) is 20.2 Å². The first-order chi connectivity index (χ1) is 4.31. The van der Waals surface area contributed by atoms with E-state index >= 15 is 0 Å². The van der Waals surface area contributed by atoms with E-state index in [0.717, 1.165) is 12.8 Å². The van der Waals surface area contributed by atoms with Crippen molar-refractivity contribution in [2.75, 3.05) is 0 Å². The zero-order valence-corrected chi connectivity index (χ0v) is 6.43. The van der Waals surface area contributed by atoms with Crippen LogP contribution in [0.1, 0.15) is 39.5 Å². The molecule has 0 aliphatic rings. The van der Waals surface area contributed by atoms with Crippen molar-refractivity contribution in [2.24, 2.45) is 0 Å². The summed E-state index contributed by atoms with van der Waals surface area (Å²) in [6.45, 7) is 4.07. The molecule has 55 valence electrons. The van der Waals surface area contributed by atoms with Crippen molar-refractivity contribution in [3.8, 4) is 0 Å². The zero-order chi connectivity index (χ0) is 7.11. The fraction of sp³-hybridized carbons (Fsp3) is 0.875. The van der Waals surface area contributed by atoms with Crippen LogP contribution in [0.3, 0.4) is 0 Å². The molecular weight excluding hydrogens is 112 g/mol. The van der Waals surface area contributed by atoms with Gasteiger partial charge in [0.15, 0.2) is 0 Å². The molecule has 0 spiro atoms. The quantitative estimate of drug-likeness (QED) is 0.564. The fourth-order valence-electron chi connectivity index (χ4n) is 0.770. The number of hydrogen-bond donors (Lipinski definition) is 1. The lowest BCUT2D eigenvalue weighted by Gasteiger charge is -2.04. The fourth-order valence-corrected chi connectivity index (χ4v) is 0.770. The van der Waals surface area contributed by atoms with Crippen LogP contribution in [0.2, 0.25) is 0 Å². The van der Waals surface area contributed by atoms with Gasteiger partial charge in [0.1, 0.15) is 0 Å². The summed E-state index contributed by atoms with van der Waals surface area (Å²) in [6.07, 6.45) is 6.24. The van der Waals surface area contributed by atoms with Crippen molar-refractivity contribution >= 4 is 0 Å². The summed E-state index contributed by atoms with van der Waals surface area (Å²) in [5.74, 6) is 0. The predicted molar refractivity (Wildman–Crippen MR) is 40.1 cm³/mol. The summed E-state index contributed by atoms with van der Waals surface area (Å²) in [6, 6.07) is 0. The Labute approximate surface area is 58.1 Å². The van der Waals surface area contributed by atoms with Crippen LogP contribution in [0.4, 0.5) is 0 Å². The van der Waals surface area contributed by atoms with Gasteiger partial charge in [-0.05, 0) is 12.8 Å². The summed E-state index contributed by atoms with van der Waals surface area (Å²) < 4.78 is 0. The molecule has 0 aliphatic heterocycles. The lowest BCUT2D eigenvalue weighted by molar-refractivity contribution is 0.193. The summed E-state index contributed by atoms with van der Waals surface area (Å²) >= 11 is 0. The molecule has 0 bridgehead atoms. The molecule has 0 saturated heterocycles. The summed E-state index contributed by atoms with van der Waals surface area (Å²) in [4.78, 5) is 0. The van der Waals surface area contributed by atoms with Crippen molar-refractivity contribution in [1.82, 2.24) is 0 Å². The molecule has 0 aromatic carbocycles. The molecule has 0 fully saturated rings. The van der Waals surface area contributed by atoms with Gasteiger partial charge in [-0.25, -0.2) is 0 Å². The first-order valence-electron chi connectivity index (χ1n) is 3.78. The third kappa shape index (κ3) is 5.84. The van der Waals surface area contributed by atoms with Crippen molar-refractivity contribution < 1.29 is 5.11 Å². The van der Waals surface area contributed by atoms with Gasteiger partial charge in [0.2, 0.25) is 0 Å². The second-order valence-electron chi connectivity index (χ2n) is 2.40. The van der Waals surface area contributed by atoms with Crippen LogP contribution in [-0.2, 0) is 0 Å². The molecule has 1 atom stereocenters. The van der Waals surface area contributed by atoms with Crippen LogP contribution < -0.4 is 0 Å². The first kappa shape index (κ1) is 8.96. The van der Waals surface area contributed by atoms with E-state index in [2.05, 4.69) is 6.92 Å². The molecule has 1 N–H and O–H groups in total. The highest BCUT2D eigenvalue weighted by Crippen LogP contribution is 2.04. The Bertz CT molecular complexity index is 52.5. The Balaban J connectivity index is 2.88. The van der Waals surface area contributed by atoms with E-state index in [4.69, 9.17) is 5.11 Å². The monoisotopic (exact) mass is 129 g/mol. The lowest BCUT2D eigenvalue weighted by Crippen LogP contribution is -2.03. The molecule has 0 aliphatic carbocycles. The Kier molecular flexibility index (Phi) is 6.06. The van der Waals surface area contributed by atoms with E-state index in [0.29, 0.717) is 0 Å². The predicted octanol–water partition coefficient (Wildman–Crippen LogP) is 2.15. The Morgan fingerprint density at radius 3 is 2.56 bits per heavy atom. The van der Waals surface area contributed by atoms with Crippen LogP contribution in [0.5, 0.6) is 0 Å². The maximum atomic E-state index is 9.03. The number of unbranched alkanes of at least 4 members (excludes halogenated alkanes) is 2. The summed E-state index contributed by atoms with van der Waals surface area (Å²) in [7, 11) is 0. The molecule has 0 amide bonds. The van der Waals surface area contributed by atoms with Crippen molar-refractivity contribution in [2.45, 2.75) is 45.6 Å². The minimum atomic E-state index is -0.170. The third-order valence-corrected chi connectivity index (χ3v) is 1.49. The highest BCUT2D eigenvalue weighted by atomic mass is 16.3. The van der Waals surface area contributed by atoms with E-state index < -0.39 is 0 Å². The molecule has 0 saturated carbocycles. The van der Waals surface area contributed by atoms with Gasteiger partial charge in [-0.15, -0.1) is 0 Å². The smallest absolute Gasteiger partial charge is 0.0569 e. The Morgan fingerprint density at radius 1 is 1.44 bits per heavy atom. The lowest BCUT2D eigenvalue weighted by atomic mass is 10.1. The number of aliphatic hydroxyl groups excluding tert-OH is 1. The Morgan fingerprint density at radius 2 is 2.11 bits per heavy atom. The third-order valence-electron chi connectivity index (χ3n) is 1.49. The molecule has 0 aromatic heterocycles. The van der Waals surface area contributed by atoms with Gasteiger partial charge < -0.3 is 5.11 Å². The van der Waals surface area contributed by atoms with Crippen LogP contribution >= 0.6 is 0 Å². The normalized spacial score (nSPS) is 13.7. The molecule has 0 aromatic rings. The maximum absolute atomic E-state index is 9.03. The van der Waals surface area contributed by atoms with Crippen LogP contribution in [0, 0.1) is 6.42 Å². The van der Waals surface area contributed by atoms with Crippen LogP contribution in [0.25, 0.3) is 0 Å². The van der Waals surface area contributed by atoms with Gasteiger partial charge in [0, 0.05) is 0 Å². The summed E-state index contributed by atoms with van der Waals surface area (Å²) in [5, 5.41) is 9.03. The van der Waals surface area contributed by atoms with Crippen molar-refractivity contribution in [1.29, 1.82) is 0 Å². The van der Waals surface area contributed by atoms with Gasteiger partial charge in [0.05, 0.1) is 6.10 Å². The SMILES string of the molecule is C[CH]C(O)CCCCC. The van der Waals surface area contributed by atoms with Crippen LogP contribution in [0.15, 0.2) is 0 Å². The minimum absolute atomic E-state index is 0.170. The first-order valence-corrected chi connectivity index (χ1v) is 3.78. The molecule has 1 radical (unpaired) electrons. The number of rotatable bonds is 5. The summed E-state index contributed by atoms with van der Waals surface area (Å²) in [5.41, 5.74) is 0. The van der Waals surface area contributed by atoms with E-state index in [1.165, 1.54) is 12.8 Å². The zero-order valence-electron chi connectivity index (χ0n) is 6.43. The van der Waals surface area contributed by atoms with Gasteiger partial charge >= 0.3 is 0 Å². The molecule has 0 heterocycles. The van der Waals surface area contributed by atoms with Crippen molar-refractivity contribution in [3.05, 3.63) is 6.42 Å². The van der Waals surface area contributed by atoms with Gasteiger partial charge in [0.25, 0.3) is 0 Å².